The van der Waals surface area contributed by atoms with Gasteiger partial charge in [0.05, 0.1) is 21.3 Å². The molecule has 0 saturated heterocycles. The van der Waals surface area contributed by atoms with Gasteiger partial charge in [-0.2, -0.15) is 27.4 Å². The molecule has 0 saturated carbocycles. The van der Waals surface area contributed by atoms with Crippen molar-refractivity contribution >= 4 is 28.8 Å². The zero-order valence-electron chi connectivity index (χ0n) is 25.6. The normalized spacial score (nSPS) is 10.4. The molecule has 0 spiro atoms. The molecule has 0 N–H and O–H groups in total. The third kappa shape index (κ3) is 6.59. The summed E-state index contributed by atoms with van der Waals surface area (Å²) in [4.78, 5) is 0. The van der Waals surface area contributed by atoms with Gasteiger partial charge in [-0.1, -0.05) is 62.6 Å². The zero-order chi connectivity index (χ0) is 27.1. The minimum absolute atomic E-state index is 0. The average molecular weight is 666 g/mol. The summed E-state index contributed by atoms with van der Waals surface area (Å²) in [5.41, 5.74) is 9.24. The van der Waals surface area contributed by atoms with Crippen LogP contribution in [-0.4, -0.2) is 29.4 Å². The zero-order valence-corrected chi connectivity index (χ0v) is 30.4. The Morgan fingerprint density at radius 3 is 1.10 bits per heavy atom. The summed E-state index contributed by atoms with van der Waals surface area (Å²) < 4.78 is 17.5. The summed E-state index contributed by atoms with van der Waals surface area (Å²) in [6, 6.07) is 19.6. The fourth-order valence-electron chi connectivity index (χ4n) is 6.02. The molecule has 0 atom stereocenters. The molecule has 8 heteroatoms. The van der Waals surface area contributed by atoms with E-state index in [1.54, 1.807) is 21.3 Å². The Morgan fingerprint density at radius 1 is 0.537 bits per heavy atom. The van der Waals surface area contributed by atoms with Crippen molar-refractivity contribution in [2.45, 2.75) is 48.5 Å². The van der Waals surface area contributed by atoms with Crippen LogP contribution >= 0.6 is 0 Å². The molecule has 0 aliphatic carbocycles. The fourth-order valence-corrected chi connectivity index (χ4v) is 12.3. The molecule has 4 aromatic rings. The van der Waals surface area contributed by atoms with Gasteiger partial charge in [0.2, 0.25) is 0 Å². The second-order valence-electron chi connectivity index (χ2n) is 10.2. The Morgan fingerprint density at radius 2 is 0.854 bits per heavy atom. The number of hydrogen-bond acceptors (Lipinski definition) is 3. The molecule has 3 nitrogen and oxygen atoms in total. The van der Waals surface area contributed by atoms with Crippen molar-refractivity contribution in [3.05, 3.63) is 93.5 Å². The van der Waals surface area contributed by atoms with E-state index in [0.717, 1.165) is 17.2 Å². The van der Waals surface area contributed by atoms with E-state index in [-0.39, 0.29) is 58.9 Å². The van der Waals surface area contributed by atoms with Gasteiger partial charge in [-0.05, 0) is 72.7 Å². The maximum absolute atomic E-state index is 5.83. The minimum Gasteiger partial charge on any atom is -1.00 e. The first kappa shape index (κ1) is 39.2. The molecule has 0 amide bonds. The van der Waals surface area contributed by atoms with Crippen molar-refractivity contribution in [3.63, 3.8) is 0 Å². The van der Waals surface area contributed by atoms with Crippen molar-refractivity contribution < 1.29 is 73.1 Å². The largest absolute Gasteiger partial charge is 4.00 e. The first-order valence-electron chi connectivity index (χ1n) is 12.8. The third-order valence-electron chi connectivity index (χ3n) is 8.36. The van der Waals surface area contributed by atoms with E-state index in [1.807, 2.05) is 0 Å². The molecule has 0 radical (unpaired) electrons. The summed E-state index contributed by atoms with van der Waals surface area (Å²) in [6.07, 6.45) is 0. The molecule has 0 bridgehead atoms. The Bertz CT molecular complexity index is 1330. The molecule has 0 aliphatic heterocycles. The second kappa shape index (κ2) is 15.6. The van der Waals surface area contributed by atoms with Gasteiger partial charge in [-0.3, -0.25) is 0 Å². The SMILES string of the molecule is COc1ccc(C)c([Si](c2cc(OC)ccc2C)(c2cc(OC)ccc2C)c2c(C)c(C)c(C)[c-]2C)c1.[Cl-].[Cl-].[Cl-].[Ti+4]. The van der Waals surface area contributed by atoms with E-state index in [1.165, 1.54) is 59.7 Å². The van der Waals surface area contributed by atoms with Crippen molar-refractivity contribution in [1.29, 1.82) is 0 Å². The first-order chi connectivity index (χ1) is 17.6. The van der Waals surface area contributed by atoms with Gasteiger partial charge in [-0.25, -0.2) is 0 Å². The van der Waals surface area contributed by atoms with Crippen LogP contribution in [0.15, 0.2) is 54.6 Å². The van der Waals surface area contributed by atoms with Crippen molar-refractivity contribution in [2.75, 3.05) is 21.3 Å². The van der Waals surface area contributed by atoms with Crippen molar-refractivity contribution in [1.82, 2.24) is 0 Å². The molecule has 41 heavy (non-hydrogen) atoms. The molecule has 0 fully saturated rings. The average Bonchev–Trinajstić information content (AvgIpc) is 3.10. The molecular formula is C33H39Cl3O3SiTi. The molecule has 0 aromatic heterocycles. The predicted molar refractivity (Wildman–Crippen MR) is 158 cm³/mol. The van der Waals surface area contributed by atoms with Gasteiger partial charge in [0.1, 0.15) is 17.2 Å². The van der Waals surface area contributed by atoms with E-state index in [0.29, 0.717) is 0 Å². The van der Waals surface area contributed by atoms with E-state index in [2.05, 4.69) is 103 Å². The Kier molecular flexibility index (Phi) is 14.9. The molecule has 4 aromatic carbocycles. The third-order valence-corrected chi connectivity index (χ3v) is 13.9. The number of rotatable bonds is 7. The van der Waals surface area contributed by atoms with Crippen LogP contribution in [0, 0.1) is 48.5 Å². The molecular weight excluding hydrogens is 627 g/mol. The fraction of sp³-hybridized carbons (Fsp3) is 0.303. The van der Waals surface area contributed by atoms with E-state index >= 15 is 0 Å². The number of methoxy groups -OCH3 is 3. The van der Waals surface area contributed by atoms with Crippen LogP contribution in [0.25, 0.3) is 0 Å². The number of hydrogen-bond donors (Lipinski definition) is 0. The summed E-state index contributed by atoms with van der Waals surface area (Å²) >= 11 is 0. The molecule has 0 unspecified atom stereocenters. The Balaban J connectivity index is 0.00000400. The van der Waals surface area contributed by atoms with E-state index in [4.69, 9.17) is 14.2 Å². The van der Waals surface area contributed by atoms with Crippen LogP contribution in [0.4, 0.5) is 0 Å². The van der Waals surface area contributed by atoms with Crippen LogP contribution in [0.2, 0.25) is 0 Å². The molecule has 0 aliphatic rings. The van der Waals surface area contributed by atoms with Gasteiger partial charge >= 0.3 is 21.7 Å². The maximum atomic E-state index is 5.83. The van der Waals surface area contributed by atoms with Gasteiger partial charge in [-0.15, -0.1) is 0 Å². The van der Waals surface area contributed by atoms with E-state index < -0.39 is 8.07 Å². The van der Waals surface area contributed by atoms with Gasteiger partial charge < -0.3 is 51.4 Å². The Hall–Kier alpha value is -1.79. The summed E-state index contributed by atoms with van der Waals surface area (Å²) in [7, 11) is 2.33. The van der Waals surface area contributed by atoms with Crippen LogP contribution in [0.3, 0.4) is 0 Å². The van der Waals surface area contributed by atoms with Crippen LogP contribution in [0.1, 0.15) is 38.9 Å². The second-order valence-corrected chi connectivity index (χ2v) is 13.8. The minimum atomic E-state index is -2.92. The Labute approximate surface area is 280 Å². The number of benzene rings is 3. The molecule has 4 rings (SSSR count). The summed E-state index contributed by atoms with van der Waals surface area (Å²) in [6.45, 7) is 15.8. The van der Waals surface area contributed by atoms with Crippen LogP contribution in [-0.2, 0) is 21.7 Å². The number of aryl methyl sites for hydroxylation is 3. The van der Waals surface area contributed by atoms with E-state index in [9.17, 15) is 0 Å². The predicted octanol–water partition coefficient (Wildman–Crippen LogP) is -4.02. The standard InChI is InChI=1S/C33H39O3Si.3ClH.Ti/c1-20-11-14-27(34-8)17-30(20)37(31-18-28(35-9)15-12-21(31)2,32-19-29(36-10)16-13-22(32)3)33-25(6)23(4)24(5)26(33)7;;;;/h11-19H,1-10H3;3*1H;/q-1;;;;+4/p-3. The number of ether oxygens (including phenoxy) is 3. The first-order valence-corrected chi connectivity index (χ1v) is 14.8. The van der Waals surface area contributed by atoms with Crippen molar-refractivity contribution in [3.8, 4) is 17.2 Å². The quantitative estimate of drug-likeness (QED) is 0.115. The smallest absolute Gasteiger partial charge is 1.00 e. The molecule has 218 valence electrons. The van der Waals surface area contributed by atoms with Gasteiger partial charge in [0, 0.05) is 0 Å². The summed E-state index contributed by atoms with van der Waals surface area (Å²) in [5, 5.41) is 5.44. The van der Waals surface area contributed by atoms with Crippen LogP contribution < -0.4 is 72.2 Å². The van der Waals surface area contributed by atoms with Gasteiger partial charge in [0.25, 0.3) is 0 Å². The van der Waals surface area contributed by atoms with Crippen molar-refractivity contribution in [2.24, 2.45) is 0 Å². The molecule has 0 heterocycles. The number of halogens is 3. The van der Waals surface area contributed by atoms with Gasteiger partial charge in [0.15, 0.2) is 8.07 Å². The maximum Gasteiger partial charge on any atom is 4.00 e. The topological polar surface area (TPSA) is 27.7 Å². The van der Waals surface area contributed by atoms with Crippen LogP contribution in [0.5, 0.6) is 17.2 Å². The monoisotopic (exact) mass is 664 g/mol. The summed E-state index contributed by atoms with van der Waals surface area (Å²) in [5.74, 6) is 2.61.